The Morgan fingerprint density at radius 2 is 1.53 bits per heavy atom. The Labute approximate surface area is 206 Å². The maximum atomic E-state index is 12.7. The molecule has 6 heteroatoms. The van der Waals surface area contributed by atoms with Gasteiger partial charge in [0.1, 0.15) is 11.5 Å². The summed E-state index contributed by atoms with van der Waals surface area (Å²) >= 11 is 0. The van der Waals surface area contributed by atoms with Gasteiger partial charge in [0.15, 0.2) is 5.78 Å². The molecular weight excluding hydrogens is 448 g/mol. The molecule has 3 aromatic carbocycles. The first-order valence-electron chi connectivity index (χ1n) is 11.6. The molecule has 0 unspecified atom stereocenters. The summed E-state index contributed by atoms with van der Waals surface area (Å²) in [6, 6.07) is 25.2. The van der Waals surface area contributed by atoms with Gasteiger partial charge in [-0.3, -0.25) is 9.59 Å². The number of amides is 1. The number of Topliss-reactive ketones (excluding diaryl/α,β-unsaturated/α-hetero) is 1. The number of para-hydroxylation sites is 1. The fourth-order valence-corrected chi connectivity index (χ4v) is 4.98. The molecular formula is C28H29ClN2O3. The van der Waals surface area contributed by atoms with Crippen molar-refractivity contribution in [3.8, 4) is 11.5 Å². The normalized spacial score (nSPS) is 16.8. The second-order valence-corrected chi connectivity index (χ2v) is 8.92. The molecule has 176 valence electrons. The summed E-state index contributed by atoms with van der Waals surface area (Å²) in [4.78, 5) is 27.4. The predicted octanol–water partition coefficient (Wildman–Crippen LogP) is 5.14. The van der Waals surface area contributed by atoms with E-state index >= 15 is 0 Å². The highest BCUT2D eigenvalue weighted by atomic mass is 35.5. The monoisotopic (exact) mass is 476 g/mol. The number of carbonyl (C=O) groups is 2. The van der Waals surface area contributed by atoms with Gasteiger partial charge < -0.3 is 15.0 Å². The van der Waals surface area contributed by atoms with E-state index < -0.39 is 0 Å². The maximum absolute atomic E-state index is 12.7. The van der Waals surface area contributed by atoms with Gasteiger partial charge in [-0.2, -0.15) is 0 Å². The Kier molecular flexibility index (Phi) is 7.35. The van der Waals surface area contributed by atoms with E-state index in [4.69, 9.17) is 4.74 Å². The van der Waals surface area contributed by atoms with Crippen LogP contribution in [0.15, 0.2) is 78.9 Å². The number of halogens is 1. The van der Waals surface area contributed by atoms with Gasteiger partial charge in [0.25, 0.3) is 0 Å². The topological polar surface area (TPSA) is 58.6 Å². The zero-order chi connectivity index (χ0) is 22.7. The van der Waals surface area contributed by atoms with E-state index in [9.17, 15) is 9.59 Å². The molecule has 0 radical (unpaired) electrons. The number of carbonyl (C=O) groups excluding carboxylic acids is 2. The average Bonchev–Trinajstić information content (AvgIpc) is 2.84. The van der Waals surface area contributed by atoms with Crippen LogP contribution >= 0.6 is 12.4 Å². The SMILES string of the molecule is Cl.O=C1Cc2ccccc2C2(CCN(CCC(=O)c3ccc(Oc4ccccc4)cc3)CC2)N1. The van der Waals surface area contributed by atoms with E-state index in [1.165, 1.54) is 5.56 Å². The van der Waals surface area contributed by atoms with E-state index in [1.54, 1.807) is 0 Å². The van der Waals surface area contributed by atoms with Crippen LogP contribution in [0.5, 0.6) is 11.5 Å². The largest absolute Gasteiger partial charge is 0.457 e. The first-order chi connectivity index (χ1) is 16.1. The van der Waals surface area contributed by atoms with Crippen LogP contribution in [0.25, 0.3) is 0 Å². The first kappa shape index (κ1) is 24.0. The van der Waals surface area contributed by atoms with Gasteiger partial charge in [0.2, 0.25) is 5.91 Å². The number of benzene rings is 3. The molecule has 1 fully saturated rings. The molecule has 3 aromatic rings. The third-order valence-corrected chi connectivity index (χ3v) is 6.78. The lowest BCUT2D eigenvalue weighted by Crippen LogP contribution is -2.56. The van der Waals surface area contributed by atoms with Gasteiger partial charge in [-0.25, -0.2) is 0 Å². The molecule has 0 aromatic heterocycles. The number of nitrogens with zero attached hydrogens (tertiary/aromatic N) is 1. The van der Waals surface area contributed by atoms with Crippen LogP contribution in [0.2, 0.25) is 0 Å². The van der Waals surface area contributed by atoms with Crippen molar-refractivity contribution in [1.29, 1.82) is 0 Å². The third kappa shape index (κ3) is 5.16. The minimum atomic E-state index is -0.263. The Morgan fingerprint density at radius 1 is 0.882 bits per heavy atom. The van der Waals surface area contributed by atoms with Gasteiger partial charge in [0, 0.05) is 31.6 Å². The molecule has 1 N–H and O–H groups in total. The molecule has 1 amide bonds. The van der Waals surface area contributed by atoms with Gasteiger partial charge >= 0.3 is 0 Å². The van der Waals surface area contributed by atoms with Crippen LogP contribution in [0.3, 0.4) is 0 Å². The van der Waals surface area contributed by atoms with E-state index in [0.29, 0.717) is 24.2 Å². The van der Waals surface area contributed by atoms with Crippen LogP contribution in [0.4, 0.5) is 0 Å². The molecule has 1 spiro atoms. The molecule has 0 aliphatic carbocycles. The molecule has 0 bridgehead atoms. The van der Waals surface area contributed by atoms with E-state index in [-0.39, 0.29) is 29.6 Å². The summed E-state index contributed by atoms with van der Waals surface area (Å²) in [5.74, 6) is 1.74. The van der Waals surface area contributed by atoms with E-state index in [1.807, 2.05) is 60.7 Å². The number of fused-ring (bicyclic) bond motifs is 2. The second kappa shape index (κ2) is 10.4. The van der Waals surface area contributed by atoms with Crippen molar-refractivity contribution in [2.24, 2.45) is 0 Å². The molecule has 5 nitrogen and oxygen atoms in total. The second-order valence-electron chi connectivity index (χ2n) is 8.92. The minimum Gasteiger partial charge on any atom is -0.457 e. The fraction of sp³-hybridized carbons (Fsp3) is 0.286. The molecule has 0 atom stereocenters. The molecule has 1 saturated heterocycles. The van der Waals surface area contributed by atoms with Crippen LogP contribution in [-0.4, -0.2) is 36.2 Å². The summed E-state index contributed by atoms with van der Waals surface area (Å²) in [5.41, 5.74) is 2.85. The number of piperidine rings is 1. The highest BCUT2D eigenvalue weighted by Crippen LogP contribution is 2.37. The molecule has 34 heavy (non-hydrogen) atoms. The summed E-state index contributed by atoms with van der Waals surface area (Å²) in [6.07, 6.45) is 2.69. The molecule has 2 aliphatic heterocycles. The van der Waals surface area contributed by atoms with Crippen molar-refractivity contribution in [3.63, 3.8) is 0 Å². The molecule has 5 rings (SSSR count). The van der Waals surface area contributed by atoms with Crippen molar-refractivity contribution in [1.82, 2.24) is 10.2 Å². The summed E-state index contributed by atoms with van der Waals surface area (Å²) in [5, 5.41) is 3.28. The van der Waals surface area contributed by atoms with Gasteiger partial charge in [-0.15, -0.1) is 12.4 Å². The number of nitrogens with one attached hydrogen (secondary N) is 1. The number of rotatable bonds is 6. The van der Waals surface area contributed by atoms with E-state index in [2.05, 4.69) is 28.4 Å². The van der Waals surface area contributed by atoms with Crippen molar-refractivity contribution in [2.75, 3.05) is 19.6 Å². The van der Waals surface area contributed by atoms with Crippen molar-refractivity contribution >= 4 is 24.1 Å². The van der Waals surface area contributed by atoms with Crippen LogP contribution in [0.1, 0.15) is 40.7 Å². The standard InChI is InChI=1S/C28H28N2O3.ClH/c31-26(21-10-12-24(13-11-21)33-23-7-2-1-3-8-23)14-17-30-18-15-28(16-19-30)25-9-5-4-6-22(25)20-27(32)29-28;/h1-13H,14-20H2,(H,29,32);1H. The van der Waals surface area contributed by atoms with Gasteiger partial charge in [0.05, 0.1) is 12.0 Å². The Morgan fingerprint density at radius 3 is 2.26 bits per heavy atom. The summed E-state index contributed by atoms with van der Waals surface area (Å²) in [7, 11) is 0. The van der Waals surface area contributed by atoms with Crippen LogP contribution < -0.4 is 10.1 Å². The molecule has 2 aliphatic rings. The minimum absolute atomic E-state index is 0. The molecule has 2 heterocycles. The fourth-order valence-electron chi connectivity index (χ4n) is 4.98. The molecule has 0 saturated carbocycles. The van der Waals surface area contributed by atoms with E-state index in [0.717, 1.165) is 43.8 Å². The quantitative estimate of drug-likeness (QED) is 0.500. The first-order valence-corrected chi connectivity index (χ1v) is 11.6. The average molecular weight is 477 g/mol. The van der Waals surface area contributed by atoms with Crippen LogP contribution in [0, 0.1) is 0 Å². The highest BCUT2D eigenvalue weighted by molar-refractivity contribution is 5.96. The Balaban J connectivity index is 0.00000274. The van der Waals surface area contributed by atoms with Crippen molar-refractivity contribution < 1.29 is 14.3 Å². The smallest absolute Gasteiger partial charge is 0.225 e. The zero-order valence-corrected chi connectivity index (χ0v) is 19.9. The van der Waals surface area contributed by atoms with Gasteiger partial charge in [-0.1, -0.05) is 42.5 Å². The Hall–Kier alpha value is -3.15. The van der Waals surface area contributed by atoms with Crippen molar-refractivity contribution in [2.45, 2.75) is 31.2 Å². The lowest BCUT2D eigenvalue weighted by atomic mass is 9.75. The number of ketones is 1. The highest BCUT2D eigenvalue weighted by Gasteiger charge is 2.41. The van der Waals surface area contributed by atoms with Crippen molar-refractivity contribution in [3.05, 3.63) is 95.6 Å². The number of hydrogen-bond acceptors (Lipinski definition) is 4. The number of likely N-dealkylation sites (tertiary alicyclic amines) is 1. The van der Waals surface area contributed by atoms with Gasteiger partial charge in [-0.05, 0) is 60.4 Å². The predicted molar refractivity (Wildman–Crippen MR) is 135 cm³/mol. The lowest BCUT2D eigenvalue weighted by Gasteiger charge is -2.45. The maximum Gasteiger partial charge on any atom is 0.225 e. The Bertz CT molecular complexity index is 1140. The lowest BCUT2D eigenvalue weighted by molar-refractivity contribution is -0.124. The zero-order valence-electron chi connectivity index (χ0n) is 19.0. The number of hydrogen-bond donors (Lipinski definition) is 1. The number of ether oxygens (including phenoxy) is 1. The third-order valence-electron chi connectivity index (χ3n) is 6.78. The summed E-state index contributed by atoms with van der Waals surface area (Å²) < 4.78 is 5.81. The summed E-state index contributed by atoms with van der Waals surface area (Å²) in [6.45, 7) is 2.46. The van der Waals surface area contributed by atoms with Crippen LogP contribution in [-0.2, 0) is 16.8 Å².